The Bertz CT molecular complexity index is 1040. The summed E-state index contributed by atoms with van der Waals surface area (Å²) < 4.78 is 18.5. The van der Waals surface area contributed by atoms with Crippen molar-refractivity contribution in [2.24, 2.45) is 0 Å². The maximum absolute atomic E-state index is 13.4. The molecule has 6 nitrogen and oxygen atoms in total. The van der Waals surface area contributed by atoms with Crippen LogP contribution in [0.1, 0.15) is 46.6 Å². The second kappa shape index (κ2) is 8.26. The number of rotatable bonds is 5. The zero-order valence-electron chi connectivity index (χ0n) is 15.7. The molecule has 4 rings (SSSR count). The van der Waals surface area contributed by atoms with Gasteiger partial charge in [0.25, 0.3) is 11.8 Å². The molecule has 0 saturated heterocycles. The summed E-state index contributed by atoms with van der Waals surface area (Å²) >= 11 is 0. The van der Waals surface area contributed by atoms with Crippen LogP contribution in [0.4, 0.5) is 10.1 Å². The molecular formula is C22H20FN3O3. The lowest BCUT2D eigenvalue weighted by molar-refractivity contribution is 0.0938. The van der Waals surface area contributed by atoms with Crippen LogP contribution in [-0.2, 0) is 0 Å². The van der Waals surface area contributed by atoms with Crippen LogP contribution < -0.4 is 10.6 Å². The fourth-order valence-electron chi connectivity index (χ4n) is 3.47. The largest absolute Gasteiger partial charge is 0.350 e. The number of hydrogen-bond acceptors (Lipinski definition) is 4. The molecule has 2 aromatic carbocycles. The molecule has 0 spiro atoms. The summed E-state index contributed by atoms with van der Waals surface area (Å²) in [6.45, 7) is 0. The molecule has 7 heteroatoms. The molecule has 2 amide bonds. The Balaban J connectivity index is 1.49. The number of halogens is 1. The number of para-hydroxylation sites is 1. The topological polar surface area (TPSA) is 84.2 Å². The Morgan fingerprint density at radius 3 is 2.59 bits per heavy atom. The van der Waals surface area contributed by atoms with E-state index in [1.807, 2.05) is 0 Å². The van der Waals surface area contributed by atoms with Crippen LogP contribution in [0.2, 0.25) is 0 Å². The summed E-state index contributed by atoms with van der Waals surface area (Å²) in [5.74, 6) is -1.19. The Morgan fingerprint density at radius 2 is 1.79 bits per heavy atom. The average Bonchev–Trinajstić information content (AvgIpc) is 3.40. The van der Waals surface area contributed by atoms with Crippen LogP contribution in [0.3, 0.4) is 0 Å². The fraction of sp³-hybridized carbons (Fsp3) is 0.227. The van der Waals surface area contributed by atoms with E-state index < -0.39 is 11.7 Å². The molecule has 2 N–H and O–H groups in total. The van der Waals surface area contributed by atoms with Gasteiger partial charge in [0.05, 0.1) is 11.3 Å². The van der Waals surface area contributed by atoms with E-state index in [1.165, 1.54) is 18.2 Å². The third kappa shape index (κ3) is 4.34. The Kier molecular flexibility index (Phi) is 5.37. The zero-order valence-corrected chi connectivity index (χ0v) is 15.7. The van der Waals surface area contributed by atoms with Crippen LogP contribution in [0.15, 0.2) is 59.1 Å². The summed E-state index contributed by atoms with van der Waals surface area (Å²) in [6.07, 6.45) is 4.17. The van der Waals surface area contributed by atoms with Gasteiger partial charge in [-0.25, -0.2) is 4.39 Å². The fourth-order valence-corrected chi connectivity index (χ4v) is 3.47. The second-order valence-corrected chi connectivity index (χ2v) is 7.04. The van der Waals surface area contributed by atoms with Crippen LogP contribution in [-0.4, -0.2) is 23.0 Å². The minimum Gasteiger partial charge on any atom is -0.350 e. The van der Waals surface area contributed by atoms with Gasteiger partial charge in [-0.2, -0.15) is 0 Å². The molecule has 0 radical (unpaired) electrons. The monoisotopic (exact) mass is 393 g/mol. The molecule has 0 aliphatic heterocycles. The van der Waals surface area contributed by atoms with Gasteiger partial charge in [0.1, 0.15) is 11.5 Å². The molecule has 1 heterocycles. The van der Waals surface area contributed by atoms with Crippen molar-refractivity contribution in [3.05, 3.63) is 71.7 Å². The van der Waals surface area contributed by atoms with Crippen LogP contribution in [0.5, 0.6) is 0 Å². The minimum absolute atomic E-state index is 0.0322. The van der Waals surface area contributed by atoms with Crippen LogP contribution >= 0.6 is 0 Å². The molecule has 29 heavy (non-hydrogen) atoms. The van der Waals surface area contributed by atoms with Gasteiger partial charge >= 0.3 is 0 Å². The van der Waals surface area contributed by atoms with Crippen LogP contribution in [0, 0.1) is 5.82 Å². The first-order valence-corrected chi connectivity index (χ1v) is 9.54. The highest BCUT2D eigenvalue weighted by Crippen LogP contribution is 2.23. The van der Waals surface area contributed by atoms with Crippen molar-refractivity contribution < 1.29 is 18.5 Å². The number of anilines is 1. The number of nitrogens with zero attached hydrogens (tertiary/aromatic N) is 1. The zero-order chi connectivity index (χ0) is 20.2. The summed E-state index contributed by atoms with van der Waals surface area (Å²) in [6, 6.07) is 14.3. The number of aromatic nitrogens is 1. The molecule has 1 aromatic heterocycles. The lowest BCUT2D eigenvalue weighted by atomic mass is 10.1. The quantitative estimate of drug-likeness (QED) is 0.673. The summed E-state index contributed by atoms with van der Waals surface area (Å²) in [7, 11) is 0. The molecule has 1 aliphatic rings. The van der Waals surface area contributed by atoms with Gasteiger partial charge in [-0.05, 0) is 37.1 Å². The van der Waals surface area contributed by atoms with E-state index in [0.29, 0.717) is 22.5 Å². The van der Waals surface area contributed by atoms with E-state index in [0.717, 1.165) is 25.7 Å². The van der Waals surface area contributed by atoms with E-state index in [2.05, 4.69) is 15.8 Å². The Labute approximate surface area is 167 Å². The first kappa shape index (κ1) is 18.9. The molecule has 1 fully saturated rings. The molecule has 0 unspecified atom stereocenters. The van der Waals surface area contributed by atoms with Crippen molar-refractivity contribution in [3.63, 3.8) is 0 Å². The number of amides is 2. The number of nitrogens with one attached hydrogen (secondary N) is 2. The van der Waals surface area contributed by atoms with Gasteiger partial charge in [0.15, 0.2) is 0 Å². The van der Waals surface area contributed by atoms with Gasteiger partial charge in [0, 0.05) is 17.7 Å². The normalized spacial score (nSPS) is 14.0. The van der Waals surface area contributed by atoms with Gasteiger partial charge < -0.3 is 15.2 Å². The minimum atomic E-state index is -0.540. The van der Waals surface area contributed by atoms with E-state index in [-0.39, 0.29) is 17.7 Å². The third-order valence-corrected chi connectivity index (χ3v) is 4.96. The van der Waals surface area contributed by atoms with Gasteiger partial charge in [-0.15, -0.1) is 0 Å². The molecular weight excluding hydrogens is 373 g/mol. The van der Waals surface area contributed by atoms with Crippen molar-refractivity contribution in [2.45, 2.75) is 31.7 Å². The van der Waals surface area contributed by atoms with Crippen molar-refractivity contribution in [2.75, 3.05) is 5.32 Å². The SMILES string of the molecule is O=C(Nc1ccccc1C(=O)NC1CCCC1)c1cc(-c2cccc(F)c2)no1. The molecule has 1 saturated carbocycles. The first-order valence-electron chi connectivity index (χ1n) is 9.54. The Morgan fingerprint density at radius 1 is 1.00 bits per heavy atom. The number of carbonyl (C=O) groups is 2. The highest BCUT2D eigenvalue weighted by molar-refractivity contribution is 6.08. The summed E-state index contributed by atoms with van der Waals surface area (Å²) in [5, 5.41) is 9.55. The standard InChI is InChI=1S/C22H20FN3O3/c23-15-7-5-6-14(12-15)19-13-20(29-26-19)22(28)25-18-11-4-3-10-17(18)21(27)24-16-8-1-2-9-16/h3-7,10-13,16H,1-2,8-9H2,(H,24,27)(H,25,28). The predicted octanol–water partition coefficient (Wildman–Crippen LogP) is 4.41. The van der Waals surface area contributed by atoms with Crippen molar-refractivity contribution in [1.82, 2.24) is 10.5 Å². The molecule has 148 valence electrons. The number of hydrogen-bond donors (Lipinski definition) is 2. The lowest BCUT2D eigenvalue weighted by Gasteiger charge is -2.14. The van der Waals surface area contributed by atoms with Gasteiger partial charge in [-0.3, -0.25) is 9.59 Å². The van der Waals surface area contributed by atoms with Crippen molar-refractivity contribution in [1.29, 1.82) is 0 Å². The average molecular weight is 393 g/mol. The van der Waals surface area contributed by atoms with Crippen LogP contribution in [0.25, 0.3) is 11.3 Å². The molecule has 0 bridgehead atoms. The van der Waals surface area contributed by atoms with E-state index in [4.69, 9.17) is 4.52 Å². The highest BCUT2D eigenvalue weighted by Gasteiger charge is 2.21. The highest BCUT2D eigenvalue weighted by atomic mass is 19.1. The predicted molar refractivity (Wildman–Crippen MR) is 106 cm³/mol. The Hall–Kier alpha value is -3.48. The maximum atomic E-state index is 13.4. The van der Waals surface area contributed by atoms with Crippen molar-refractivity contribution in [3.8, 4) is 11.3 Å². The third-order valence-electron chi connectivity index (χ3n) is 4.96. The van der Waals surface area contributed by atoms with E-state index in [1.54, 1.807) is 36.4 Å². The van der Waals surface area contributed by atoms with Gasteiger partial charge in [-0.1, -0.05) is 42.3 Å². The molecule has 1 aliphatic carbocycles. The number of benzene rings is 2. The van der Waals surface area contributed by atoms with Gasteiger partial charge in [0.2, 0.25) is 5.76 Å². The smallest absolute Gasteiger partial charge is 0.294 e. The molecule has 3 aromatic rings. The number of carbonyl (C=O) groups excluding carboxylic acids is 2. The molecule has 0 atom stereocenters. The maximum Gasteiger partial charge on any atom is 0.294 e. The van der Waals surface area contributed by atoms with E-state index >= 15 is 0 Å². The summed E-state index contributed by atoms with van der Waals surface area (Å²) in [5.41, 5.74) is 1.63. The first-order chi connectivity index (χ1) is 14.1. The van der Waals surface area contributed by atoms with E-state index in [9.17, 15) is 14.0 Å². The van der Waals surface area contributed by atoms with Crippen molar-refractivity contribution >= 4 is 17.5 Å². The lowest BCUT2D eigenvalue weighted by Crippen LogP contribution is -2.33. The summed E-state index contributed by atoms with van der Waals surface area (Å²) in [4.78, 5) is 25.2. The second-order valence-electron chi connectivity index (χ2n) is 7.04.